The van der Waals surface area contributed by atoms with Crippen molar-refractivity contribution in [1.29, 1.82) is 0 Å². The van der Waals surface area contributed by atoms with E-state index in [1.807, 2.05) is 50.4 Å². The Labute approximate surface area is 278 Å². The highest BCUT2D eigenvalue weighted by Crippen LogP contribution is 2.38. The SMILES string of the molecule is COc1nc(-c2ccnc(-c3cccc(NC(=O)c4ncc(CN5CC[C@@H](O)C5)n4C)c3C)c2Cl)ccc1CNC[C@@H]1CCC(=O)N1. The van der Waals surface area contributed by atoms with E-state index >= 15 is 0 Å². The number of amides is 2. The van der Waals surface area contributed by atoms with Crippen LogP contribution in [0.5, 0.6) is 5.88 Å². The van der Waals surface area contributed by atoms with Gasteiger partial charge in [-0.25, -0.2) is 9.97 Å². The van der Waals surface area contributed by atoms with E-state index in [-0.39, 0.29) is 24.0 Å². The molecule has 0 spiro atoms. The molecular formula is C34H39ClN8O4. The molecule has 246 valence electrons. The highest BCUT2D eigenvalue weighted by atomic mass is 35.5. The van der Waals surface area contributed by atoms with E-state index in [0.717, 1.165) is 41.8 Å². The van der Waals surface area contributed by atoms with E-state index in [4.69, 9.17) is 21.3 Å². The lowest BCUT2D eigenvalue weighted by Gasteiger charge is -2.16. The van der Waals surface area contributed by atoms with Gasteiger partial charge in [-0.15, -0.1) is 0 Å². The van der Waals surface area contributed by atoms with Gasteiger partial charge in [-0.1, -0.05) is 29.8 Å². The number of hydrogen-bond donors (Lipinski definition) is 4. The number of benzene rings is 1. The van der Waals surface area contributed by atoms with Crippen molar-refractivity contribution in [2.24, 2.45) is 7.05 Å². The standard InChI is InChI=1S/C34H39ClN8O4/c1-20-25(5-4-6-27(20)40-33(46)32-38-17-23(42(32)2)18-43-14-12-24(44)19-43)31-30(35)26(11-13-37-31)28-9-7-21(34(41-28)47-3)15-36-16-22-8-10-29(45)39-22/h4-7,9,11,13,17,22,24,36,44H,8,10,12,14-16,18-19H2,1-3H3,(H,39,45)(H,40,46)/t22-,24+/m0/s1. The van der Waals surface area contributed by atoms with Gasteiger partial charge < -0.3 is 30.4 Å². The minimum atomic E-state index is -0.327. The predicted molar refractivity (Wildman–Crippen MR) is 179 cm³/mol. The number of aromatic nitrogens is 4. The summed E-state index contributed by atoms with van der Waals surface area (Å²) in [6, 6.07) is 11.4. The van der Waals surface area contributed by atoms with Crippen molar-refractivity contribution >= 4 is 29.1 Å². The minimum absolute atomic E-state index is 0.0927. The minimum Gasteiger partial charge on any atom is -0.481 e. The number of halogens is 1. The molecule has 0 radical (unpaired) electrons. The molecule has 5 heterocycles. The second-order valence-electron chi connectivity index (χ2n) is 12.1. The fraction of sp³-hybridized carbons (Fsp3) is 0.382. The topological polar surface area (TPSA) is 147 Å². The van der Waals surface area contributed by atoms with Crippen molar-refractivity contribution in [3.63, 3.8) is 0 Å². The fourth-order valence-electron chi connectivity index (χ4n) is 6.16. The van der Waals surface area contributed by atoms with Crippen LogP contribution in [-0.4, -0.2) is 80.2 Å². The lowest BCUT2D eigenvalue weighted by atomic mass is 10.0. The number of methoxy groups -OCH3 is 1. The molecule has 0 bridgehead atoms. The Hall–Kier alpha value is -4.36. The summed E-state index contributed by atoms with van der Waals surface area (Å²) in [6.45, 7) is 5.17. The smallest absolute Gasteiger partial charge is 0.291 e. The molecule has 0 saturated carbocycles. The summed E-state index contributed by atoms with van der Waals surface area (Å²) in [7, 11) is 3.41. The van der Waals surface area contributed by atoms with Gasteiger partial charge >= 0.3 is 0 Å². The quantitative estimate of drug-likeness (QED) is 0.189. The van der Waals surface area contributed by atoms with E-state index in [9.17, 15) is 14.7 Å². The average molecular weight is 659 g/mol. The molecule has 47 heavy (non-hydrogen) atoms. The van der Waals surface area contributed by atoms with Crippen LogP contribution in [0.1, 0.15) is 46.7 Å². The summed E-state index contributed by atoms with van der Waals surface area (Å²) in [6.07, 6.45) is 5.24. The summed E-state index contributed by atoms with van der Waals surface area (Å²) in [5, 5.41) is 19.6. The number of aliphatic hydroxyl groups is 1. The van der Waals surface area contributed by atoms with Crippen molar-refractivity contribution in [2.75, 3.05) is 32.1 Å². The molecule has 12 nitrogen and oxygen atoms in total. The Balaban J connectivity index is 1.18. The van der Waals surface area contributed by atoms with E-state index < -0.39 is 0 Å². The van der Waals surface area contributed by atoms with Crippen molar-refractivity contribution in [3.05, 3.63) is 76.5 Å². The number of rotatable bonds is 11. The predicted octanol–water partition coefficient (Wildman–Crippen LogP) is 3.70. The van der Waals surface area contributed by atoms with Gasteiger partial charge in [0.05, 0.1) is 41.5 Å². The van der Waals surface area contributed by atoms with Crippen molar-refractivity contribution < 1.29 is 19.4 Å². The number of pyridine rings is 2. The first-order valence-electron chi connectivity index (χ1n) is 15.7. The van der Waals surface area contributed by atoms with Crippen LogP contribution < -0.4 is 20.7 Å². The monoisotopic (exact) mass is 658 g/mol. The maximum Gasteiger partial charge on any atom is 0.291 e. The van der Waals surface area contributed by atoms with Crippen molar-refractivity contribution in [3.8, 4) is 28.4 Å². The van der Waals surface area contributed by atoms with Crippen molar-refractivity contribution in [1.82, 2.24) is 35.1 Å². The van der Waals surface area contributed by atoms with Crippen LogP contribution >= 0.6 is 11.6 Å². The van der Waals surface area contributed by atoms with Gasteiger partial charge in [0.15, 0.2) is 5.82 Å². The largest absolute Gasteiger partial charge is 0.481 e. The molecule has 2 aliphatic rings. The lowest BCUT2D eigenvalue weighted by molar-refractivity contribution is -0.119. The molecule has 2 saturated heterocycles. The Bertz CT molecular complexity index is 1790. The third-order valence-corrected chi connectivity index (χ3v) is 9.23. The van der Waals surface area contributed by atoms with Crippen LogP contribution in [0.4, 0.5) is 5.69 Å². The first kappa shape index (κ1) is 32.6. The Kier molecular flexibility index (Phi) is 9.83. The second-order valence-corrected chi connectivity index (χ2v) is 12.4. The lowest BCUT2D eigenvalue weighted by Crippen LogP contribution is -2.35. The molecule has 2 amide bonds. The maximum absolute atomic E-state index is 13.3. The van der Waals surface area contributed by atoms with Crippen LogP contribution in [0.15, 0.2) is 48.8 Å². The summed E-state index contributed by atoms with van der Waals surface area (Å²) >= 11 is 7.00. The number of aliphatic hydroxyl groups excluding tert-OH is 1. The molecule has 4 N–H and O–H groups in total. The molecule has 13 heteroatoms. The third-order valence-electron chi connectivity index (χ3n) is 8.85. The van der Waals surface area contributed by atoms with E-state index in [2.05, 4.69) is 30.8 Å². The number of carbonyl (C=O) groups is 2. The zero-order chi connectivity index (χ0) is 33.1. The highest BCUT2D eigenvalue weighted by Gasteiger charge is 2.24. The number of carbonyl (C=O) groups excluding carboxylic acids is 2. The molecule has 6 rings (SSSR count). The molecule has 2 atom stereocenters. The first-order chi connectivity index (χ1) is 22.7. The Morgan fingerprint density at radius 1 is 1.17 bits per heavy atom. The Morgan fingerprint density at radius 2 is 2.02 bits per heavy atom. The number of anilines is 1. The number of ether oxygens (including phenoxy) is 1. The molecule has 0 unspecified atom stereocenters. The molecular weight excluding hydrogens is 620 g/mol. The third kappa shape index (κ3) is 7.15. The van der Waals surface area contributed by atoms with Gasteiger partial charge in [0, 0.05) is 80.8 Å². The van der Waals surface area contributed by atoms with E-state index in [0.29, 0.717) is 72.0 Å². The summed E-state index contributed by atoms with van der Waals surface area (Å²) in [5.41, 5.74) is 5.89. The zero-order valence-electron chi connectivity index (χ0n) is 26.7. The normalized spacial score (nSPS) is 18.0. The van der Waals surface area contributed by atoms with Crippen LogP contribution in [0.25, 0.3) is 22.5 Å². The van der Waals surface area contributed by atoms with E-state index in [1.54, 1.807) is 24.1 Å². The molecule has 2 fully saturated rings. The first-order valence-corrected chi connectivity index (χ1v) is 16.1. The molecule has 4 aromatic rings. The second kappa shape index (κ2) is 14.2. The van der Waals surface area contributed by atoms with Crippen molar-refractivity contribution in [2.45, 2.75) is 51.4 Å². The average Bonchev–Trinajstić information content (AvgIpc) is 3.78. The van der Waals surface area contributed by atoms with Crippen LogP contribution in [0.3, 0.4) is 0 Å². The zero-order valence-corrected chi connectivity index (χ0v) is 27.5. The van der Waals surface area contributed by atoms with Crippen LogP contribution in [-0.2, 0) is 24.9 Å². The van der Waals surface area contributed by atoms with Gasteiger partial charge in [0.1, 0.15) is 0 Å². The van der Waals surface area contributed by atoms with Gasteiger partial charge in [-0.05, 0) is 43.5 Å². The number of imidazole rings is 1. The number of hydrogen-bond acceptors (Lipinski definition) is 9. The van der Waals surface area contributed by atoms with Gasteiger partial charge in [-0.2, -0.15) is 0 Å². The number of nitrogens with one attached hydrogen (secondary N) is 3. The molecule has 3 aromatic heterocycles. The number of β-amino-alcohol motifs (C(OH)–C–C–N with tert-alkyl or cyclic N) is 1. The molecule has 0 aliphatic carbocycles. The van der Waals surface area contributed by atoms with E-state index in [1.165, 1.54) is 0 Å². The highest BCUT2D eigenvalue weighted by molar-refractivity contribution is 6.35. The fourth-order valence-corrected chi connectivity index (χ4v) is 6.48. The summed E-state index contributed by atoms with van der Waals surface area (Å²) < 4.78 is 7.41. The van der Waals surface area contributed by atoms with Crippen LogP contribution in [0, 0.1) is 6.92 Å². The molecule has 2 aliphatic heterocycles. The maximum atomic E-state index is 13.3. The number of nitrogens with zero attached hydrogens (tertiary/aromatic N) is 5. The molecule has 1 aromatic carbocycles. The number of likely N-dealkylation sites (tertiary alicyclic amines) is 1. The summed E-state index contributed by atoms with van der Waals surface area (Å²) in [4.78, 5) is 40.7. The Morgan fingerprint density at radius 3 is 2.77 bits per heavy atom. The van der Waals surface area contributed by atoms with Gasteiger partial charge in [0.25, 0.3) is 5.91 Å². The summed E-state index contributed by atoms with van der Waals surface area (Å²) in [5.74, 6) is 0.546. The van der Waals surface area contributed by atoms with Gasteiger partial charge in [-0.3, -0.25) is 19.5 Å². The van der Waals surface area contributed by atoms with Crippen LogP contribution in [0.2, 0.25) is 5.02 Å². The van der Waals surface area contributed by atoms with Gasteiger partial charge in [0.2, 0.25) is 11.8 Å².